The topological polar surface area (TPSA) is 59.3 Å². The average Bonchev–Trinajstić information content (AvgIpc) is 3.35. The van der Waals surface area contributed by atoms with E-state index in [1.54, 1.807) is 36.1 Å². The number of halogens is 3. The smallest absolute Gasteiger partial charge is 0.173 e. The van der Waals surface area contributed by atoms with Crippen molar-refractivity contribution >= 4 is 12.4 Å². The molecule has 5 rings (SSSR count). The molecule has 0 aliphatic carbocycles. The monoisotopic (exact) mass is 526 g/mol. The van der Waals surface area contributed by atoms with Crippen molar-refractivity contribution in [1.82, 2.24) is 30.0 Å². The molecule has 0 radical (unpaired) electrons. The lowest BCUT2D eigenvalue weighted by Gasteiger charge is -2.39. The number of nitrogens with zero attached hydrogens (tertiary/aromatic N) is 6. The number of ether oxygens (including phenoxy) is 1. The van der Waals surface area contributed by atoms with Gasteiger partial charge in [-0.05, 0) is 51.9 Å². The van der Waals surface area contributed by atoms with Crippen LogP contribution in [0.15, 0.2) is 72.8 Å². The summed E-state index contributed by atoms with van der Waals surface area (Å²) in [6.45, 7) is 4.52. The lowest BCUT2D eigenvalue weighted by Crippen LogP contribution is -2.48. The zero-order chi connectivity index (χ0) is 24.9. The van der Waals surface area contributed by atoms with E-state index in [-0.39, 0.29) is 30.1 Å². The second-order valence-electron chi connectivity index (χ2n) is 8.90. The van der Waals surface area contributed by atoms with Crippen LogP contribution < -0.4 is 4.74 Å². The van der Waals surface area contributed by atoms with Gasteiger partial charge in [0.1, 0.15) is 17.4 Å². The molecular formula is C27H29ClF2N6O. The zero-order valence-corrected chi connectivity index (χ0v) is 21.3. The van der Waals surface area contributed by atoms with Crippen molar-refractivity contribution in [3.05, 3.63) is 107 Å². The molecule has 1 aromatic heterocycles. The summed E-state index contributed by atoms with van der Waals surface area (Å²) in [6, 6.07) is 20.7. The fraction of sp³-hybridized carbons (Fsp3) is 0.296. The minimum absolute atomic E-state index is 0. The van der Waals surface area contributed by atoms with Crippen LogP contribution in [0.25, 0.3) is 0 Å². The van der Waals surface area contributed by atoms with Crippen LogP contribution in [0.1, 0.15) is 28.6 Å². The number of tetrazole rings is 1. The molecule has 1 atom stereocenters. The van der Waals surface area contributed by atoms with Gasteiger partial charge in [-0.25, -0.2) is 13.5 Å². The van der Waals surface area contributed by atoms with E-state index >= 15 is 0 Å². The van der Waals surface area contributed by atoms with Gasteiger partial charge in [-0.3, -0.25) is 9.80 Å². The van der Waals surface area contributed by atoms with Crippen LogP contribution in [-0.4, -0.2) is 63.3 Å². The number of benzene rings is 3. The molecule has 7 nitrogen and oxygen atoms in total. The fourth-order valence-corrected chi connectivity index (χ4v) is 4.71. The van der Waals surface area contributed by atoms with Crippen molar-refractivity contribution in [2.45, 2.75) is 19.1 Å². The molecule has 2 heterocycles. The van der Waals surface area contributed by atoms with E-state index < -0.39 is 0 Å². The summed E-state index contributed by atoms with van der Waals surface area (Å²) < 4.78 is 34.4. The standard InChI is InChI=1S/C27H28F2N6O.ClH/c1-36-25-5-3-2-4-22(25)19-33-14-16-34(17-15-33)26(21-8-12-24(29)13-9-21)27-30-31-32-35(27)18-20-6-10-23(28)11-7-20;/h2-13,26H,14-19H2,1H3;1H. The Balaban J connectivity index is 0.00000320. The summed E-state index contributed by atoms with van der Waals surface area (Å²) in [5, 5.41) is 12.5. The SMILES string of the molecule is COc1ccccc1CN1CCN(C(c2ccc(F)cc2)c2nnnn2Cc2ccc(F)cc2)CC1.Cl. The molecule has 10 heteroatoms. The second-order valence-corrected chi connectivity index (χ2v) is 8.90. The van der Waals surface area contributed by atoms with Crippen molar-refractivity contribution in [1.29, 1.82) is 0 Å². The largest absolute Gasteiger partial charge is 0.496 e. The maximum atomic E-state index is 13.7. The van der Waals surface area contributed by atoms with Crippen molar-refractivity contribution in [2.75, 3.05) is 33.3 Å². The van der Waals surface area contributed by atoms with E-state index in [4.69, 9.17) is 4.74 Å². The molecule has 0 amide bonds. The normalized spacial score (nSPS) is 15.2. The third-order valence-corrected chi connectivity index (χ3v) is 6.59. The lowest BCUT2D eigenvalue weighted by molar-refractivity contribution is 0.0997. The summed E-state index contributed by atoms with van der Waals surface area (Å²) in [5.41, 5.74) is 2.97. The van der Waals surface area contributed by atoms with Crippen LogP contribution in [0.2, 0.25) is 0 Å². The maximum Gasteiger partial charge on any atom is 0.173 e. The highest BCUT2D eigenvalue weighted by Gasteiger charge is 2.31. The Kier molecular flexibility index (Phi) is 8.81. The highest BCUT2D eigenvalue weighted by molar-refractivity contribution is 5.85. The Labute approximate surface area is 221 Å². The van der Waals surface area contributed by atoms with Gasteiger partial charge >= 0.3 is 0 Å². The van der Waals surface area contributed by atoms with E-state index in [9.17, 15) is 8.78 Å². The number of hydrogen-bond donors (Lipinski definition) is 0. The van der Waals surface area contributed by atoms with Crippen LogP contribution >= 0.6 is 12.4 Å². The molecule has 194 valence electrons. The number of aromatic nitrogens is 4. The van der Waals surface area contributed by atoms with Crippen LogP contribution in [0.4, 0.5) is 8.78 Å². The quantitative estimate of drug-likeness (QED) is 0.340. The molecule has 1 unspecified atom stereocenters. The van der Waals surface area contributed by atoms with Gasteiger partial charge in [0, 0.05) is 38.3 Å². The Morgan fingerprint density at radius 3 is 2.16 bits per heavy atom. The molecule has 37 heavy (non-hydrogen) atoms. The first-order valence-corrected chi connectivity index (χ1v) is 11.9. The van der Waals surface area contributed by atoms with Crippen molar-refractivity contribution in [2.24, 2.45) is 0 Å². The number of piperazine rings is 1. The fourth-order valence-electron chi connectivity index (χ4n) is 4.71. The minimum atomic E-state index is -0.287. The highest BCUT2D eigenvalue weighted by Crippen LogP contribution is 2.29. The van der Waals surface area contributed by atoms with Crippen LogP contribution in [0, 0.1) is 11.6 Å². The van der Waals surface area contributed by atoms with Gasteiger partial charge in [-0.2, -0.15) is 0 Å². The van der Waals surface area contributed by atoms with Gasteiger partial charge < -0.3 is 4.74 Å². The van der Waals surface area contributed by atoms with Crippen molar-refractivity contribution in [3.8, 4) is 5.75 Å². The first-order chi connectivity index (χ1) is 17.6. The third-order valence-electron chi connectivity index (χ3n) is 6.59. The number of para-hydroxylation sites is 1. The molecule has 1 saturated heterocycles. The van der Waals surface area contributed by atoms with E-state index in [1.807, 2.05) is 18.2 Å². The summed E-state index contributed by atoms with van der Waals surface area (Å²) in [5.74, 6) is 0.990. The summed E-state index contributed by atoms with van der Waals surface area (Å²) in [4.78, 5) is 4.73. The van der Waals surface area contributed by atoms with E-state index in [0.717, 1.165) is 55.2 Å². The molecule has 0 N–H and O–H groups in total. The highest BCUT2D eigenvalue weighted by atomic mass is 35.5. The van der Waals surface area contributed by atoms with Crippen LogP contribution in [0.3, 0.4) is 0 Å². The Hall–Kier alpha value is -3.40. The number of rotatable bonds is 8. The van der Waals surface area contributed by atoms with E-state index in [1.165, 1.54) is 24.3 Å². The molecule has 1 aliphatic rings. The van der Waals surface area contributed by atoms with Gasteiger partial charge in [0.05, 0.1) is 19.7 Å². The molecular weight excluding hydrogens is 498 g/mol. The van der Waals surface area contributed by atoms with Gasteiger partial charge in [-0.15, -0.1) is 17.5 Å². The minimum Gasteiger partial charge on any atom is -0.496 e. The molecule has 0 spiro atoms. The molecule has 0 saturated carbocycles. The van der Waals surface area contributed by atoms with Gasteiger partial charge in [0.25, 0.3) is 0 Å². The van der Waals surface area contributed by atoms with Crippen molar-refractivity contribution < 1.29 is 13.5 Å². The summed E-state index contributed by atoms with van der Waals surface area (Å²) in [6.07, 6.45) is 0. The second kappa shape index (κ2) is 12.2. The van der Waals surface area contributed by atoms with E-state index in [0.29, 0.717) is 12.4 Å². The third kappa shape index (κ3) is 6.30. The Morgan fingerprint density at radius 2 is 1.49 bits per heavy atom. The molecule has 4 aromatic rings. The molecule has 1 aliphatic heterocycles. The number of methoxy groups -OCH3 is 1. The maximum absolute atomic E-state index is 13.7. The predicted molar refractivity (Wildman–Crippen MR) is 139 cm³/mol. The summed E-state index contributed by atoms with van der Waals surface area (Å²) in [7, 11) is 1.69. The van der Waals surface area contributed by atoms with Crippen LogP contribution in [0.5, 0.6) is 5.75 Å². The number of hydrogen-bond acceptors (Lipinski definition) is 6. The molecule has 3 aromatic carbocycles. The Morgan fingerprint density at radius 1 is 0.838 bits per heavy atom. The van der Waals surface area contributed by atoms with Gasteiger partial charge in [-0.1, -0.05) is 42.5 Å². The van der Waals surface area contributed by atoms with Gasteiger partial charge in [0.15, 0.2) is 5.82 Å². The summed E-state index contributed by atoms with van der Waals surface area (Å²) >= 11 is 0. The first-order valence-electron chi connectivity index (χ1n) is 11.9. The van der Waals surface area contributed by atoms with Crippen LogP contribution in [-0.2, 0) is 13.1 Å². The lowest BCUT2D eigenvalue weighted by atomic mass is 10.0. The van der Waals surface area contributed by atoms with Gasteiger partial charge in [0.2, 0.25) is 0 Å². The predicted octanol–water partition coefficient (Wildman–Crippen LogP) is 4.34. The molecule has 1 fully saturated rings. The van der Waals surface area contributed by atoms with E-state index in [2.05, 4.69) is 31.4 Å². The average molecular weight is 527 g/mol. The first kappa shape index (κ1) is 26.7. The van der Waals surface area contributed by atoms with Crippen molar-refractivity contribution in [3.63, 3.8) is 0 Å². The Bertz CT molecular complexity index is 1280. The molecule has 0 bridgehead atoms. The zero-order valence-electron chi connectivity index (χ0n) is 20.5.